The van der Waals surface area contributed by atoms with Crippen molar-refractivity contribution in [1.29, 1.82) is 0 Å². The number of methoxy groups -OCH3 is 2. The second-order valence-corrected chi connectivity index (χ2v) is 17.9. The van der Waals surface area contributed by atoms with Crippen molar-refractivity contribution < 1.29 is 64.3 Å². The highest BCUT2D eigenvalue weighted by Gasteiger charge is 2.54. The summed E-state index contributed by atoms with van der Waals surface area (Å²) in [5.41, 5.74) is -4.79. The number of benzene rings is 3. The largest absolute Gasteiger partial charge is 0.497 e. The standard InChI is InChI=1S/C47H49F7N6O7/c1-24-35(47(52,53)54)31(18-33(36(24)48)58(19-26-8-13-29(63-6)14-9-26)20-27-10-15-30(64-7)16-11-27)38-37(49)39-34-41(57-43(56-39)65-23-46(50,51)22-61)59-21-28-12-17-32(40(59)25(2)66-42(34)55-38)60(28)44(62)67-45(3,4)5/h8-11,13-16,18,25,28,32,40,61H,12,17,19-23H2,1-7H3/t25-,28+,32-,40+/m0/s1. The Bertz CT molecular complexity index is 2620. The molecule has 358 valence electrons. The third-order valence-corrected chi connectivity index (χ3v) is 12.1. The van der Waals surface area contributed by atoms with Crippen LogP contribution in [0.1, 0.15) is 62.8 Å². The Morgan fingerprint density at radius 2 is 1.51 bits per heavy atom. The molecule has 0 saturated carbocycles. The number of halogens is 7. The van der Waals surface area contributed by atoms with Crippen LogP contribution in [0.2, 0.25) is 0 Å². The first-order chi connectivity index (χ1) is 31.6. The third-order valence-electron chi connectivity index (χ3n) is 12.1. The van der Waals surface area contributed by atoms with E-state index >= 15 is 22.0 Å². The average Bonchev–Trinajstić information content (AvgIpc) is 3.53. The van der Waals surface area contributed by atoms with Crippen LogP contribution in [0, 0.1) is 18.6 Å². The number of aliphatic hydroxyl groups excluding tert-OH is 1. The van der Waals surface area contributed by atoms with Gasteiger partial charge in [0.05, 0.1) is 43.6 Å². The van der Waals surface area contributed by atoms with Gasteiger partial charge in [-0.15, -0.1) is 0 Å². The molecular formula is C47H49F7N6O7. The van der Waals surface area contributed by atoms with Gasteiger partial charge in [0, 0.05) is 25.2 Å². The van der Waals surface area contributed by atoms with Crippen molar-refractivity contribution in [3.05, 3.63) is 88.5 Å². The summed E-state index contributed by atoms with van der Waals surface area (Å²) in [6.07, 6.45) is -5.77. The summed E-state index contributed by atoms with van der Waals surface area (Å²) >= 11 is 0. The van der Waals surface area contributed by atoms with Gasteiger partial charge in [-0.2, -0.15) is 23.1 Å². The van der Waals surface area contributed by atoms with Crippen LogP contribution in [-0.2, 0) is 24.0 Å². The van der Waals surface area contributed by atoms with Crippen molar-refractivity contribution in [3.8, 4) is 34.6 Å². The number of pyridine rings is 1. The molecule has 2 aromatic heterocycles. The van der Waals surface area contributed by atoms with Gasteiger partial charge in [0.25, 0.3) is 0 Å². The lowest BCUT2D eigenvalue weighted by Crippen LogP contribution is -2.65. The smallest absolute Gasteiger partial charge is 0.417 e. The lowest BCUT2D eigenvalue weighted by Gasteiger charge is -2.48. The molecule has 20 heteroatoms. The predicted octanol–water partition coefficient (Wildman–Crippen LogP) is 9.27. The molecule has 1 amide bonds. The molecule has 0 spiro atoms. The Morgan fingerprint density at radius 1 is 0.896 bits per heavy atom. The zero-order valence-electron chi connectivity index (χ0n) is 37.7. The van der Waals surface area contributed by atoms with Crippen LogP contribution in [0.4, 0.5) is 47.0 Å². The normalized spacial score (nSPS) is 19.1. The number of hydrogen-bond donors (Lipinski definition) is 1. The number of aromatic nitrogens is 3. The van der Waals surface area contributed by atoms with Crippen molar-refractivity contribution >= 4 is 28.5 Å². The molecule has 3 aromatic carbocycles. The third kappa shape index (κ3) is 9.23. The summed E-state index contributed by atoms with van der Waals surface area (Å²) in [6.45, 7) is 4.72. The maximum absolute atomic E-state index is 17.7. The molecule has 2 bridgehead atoms. The molecule has 0 unspecified atom stereocenters. The van der Waals surface area contributed by atoms with Gasteiger partial charge in [0.1, 0.15) is 58.0 Å². The van der Waals surface area contributed by atoms with E-state index in [1.165, 1.54) is 19.1 Å². The zero-order chi connectivity index (χ0) is 48.3. The summed E-state index contributed by atoms with van der Waals surface area (Å²) in [7, 11) is 2.97. The Labute approximate surface area is 381 Å². The molecule has 1 N–H and O–H groups in total. The maximum Gasteiger partial charge on any atom is 0.417 e. The molecule has 67 heavy (non-hydrogen) atoms. The van der Waals surface area contributed by atoms with Crippen molar-refractivity contribution in [2.45, 2.75) is 102 Å². The zero-order valence-corrected chi connectivity index (χ0v) is 37.7. The molecule has 0 aliphatic carbocycles. The minimum atomic E-state index is -5.27. The number of hydrogen-bond acceptors (Lipinski definition) is 12. The van der Waals surface area contributed by atoms with Crippen LogP contribution in [0.3, 0.4) is 0 Å². The van der Waals surface area contributed by atoms with Gasteiger partial charge in [0.2, 0.25) is 5.88 Å². The Kier molecular flexibility index (Phi) is 12.5. The molecule has 13 nitrogen and oxygen atoms in total. The SMILES string of the molecule is COc1ccc(CN(Cc2ccc(OC)cc2)c2cc(-c3nc4c5c(nc(OCC(F)(F)CO)nc5c3F)N3C[C@H]5CC[C@@H]([C@H]3[C@H](C)O4)N5C(=O)OC(C)(C)C)c(C(F)(F)F)c(C)c2F)cc1. The molecule has 4 atom stereocenters. The fraction of sp³-hybridized carbons (Fsp3) is 0.447. The summed E-state index contributed by atoms with van der Waals surface area (Å²) in [5.74, 6) is -5.88. The topological polar surface area (TPSA) is 132 Å². The number of aliphatic hydroxyl groups is 1. The van der Waals surface area contributed by atoms with Crippen molar-refractivity contribution in [3.63, 3.8) is 0 Å². The average molecular weight is 943 g/mol. The first-order valence-electron chi connectivity index (χ1n) is 21.5. The quantitative estimate of drug-likeness (QED) is 0.120. The van der Waals surface area contributed by atoms with Crippen molar-refractivity contribution in [2.75, 3.05) is 43.8 Å². The number of amides is 1. The first-order valence-corrected chi connectivity index (χ1v) is 21.5. The van der Waals surface area contributed by atoms with Gasteiger partial charge < -0.3 is 38.6 Å². The summed E-state index contributed by atoms with van der Waals surface area (Å²) in [6, 6.07) is 11.9. The van der Waals surface area contributed by atoms with Crippen molar-refractivity contribution in [1.82, 2.24) is 19.9 Å². The van der Waals surface area contributed by atoms with E-state index in [2.05, 4.69) is 15.0 Å². The van der Waals surface area contributed by atoms with E-state index < -0.39 is 113 Å². The number of fused-ring (bicyclic) bond motifs is 5. The molecule has 2 saturated heterocycles. The monoisotopic (exact) mass is 942 g/mol. The number of carbonyl (C=O) groups is 1. The number of alkyl halides is 5. The molecule has 8 rings (SSSR count). The Morgan fingerprint density at radius 3 is 2.06 bits per heavy atom. The molecule has 5 heterocycles. The van der Waals surface area contributed by atoms with E-state index in [0.29, 0.717) is 35.5 Å². The van der Waals surface area contributed by atoms with Crippen LogP contribution < -0.4 is 28.7 Å². The molecule has 3 aliphatic rings. The summed E-state index contributed by atoms with van der Waals surface area (Å²) < 4.78 is 138. The minimum Gasteiger partial charge on any atom is -0.497 e. The van der Waals surface area contributed by atoms with Gasteiger partial charge in [-0.1, -0.05) is 24.3 Å². The van der Waals surface area contributed by atoms with Gasteiger partial charge in [0.15, 0.2) is 12.4 Å². The van der Waals surface area contributed by atoms with Crippen LogP contribution in [0.25, 0.3) is 22.2 Å². The number of ether oxygens (including phenoxy) is 5. The fourth-order valence-corrected chi connectivity index (χ4v) is 9.16. The van der Waals surface area contributed by atoms with E-state index in [4.69, 9.17) is 23.7 Å². The van der Waals surface area contributed by atoms with Crippen LogP contribution >= 0.6 is 0 Å². The molecule has 5 aromatic rings. The van der Waals surface area contributed by atoms with Crippen LogP contribution in [0.15, 0.2) is 54.6 Å². The highest BCUT2D eigenvalue weighted by atomic mass is 19.4. The molecular weight excluding hydrogens is 894 g/mol. The lowest BCUT2D eigenvalue weighted by molar-refractivity contribution is -0.137. The molecule has 0 radical (unpaired) electrons. The first kappa shape index (κ1) is 47.2. The lowest BCUT2D eigenvalue weighted by atomic mass is 9.95. The van der Waals surface area contributed by atoms with Crippen LogP contribution in [0.5, 0.6) is 23.4 Å². The number of rotatable bonds is 12. The summed E-state index contributed by atoms with van der Waals surface area (Å²) in [5, 5.41) is 9.09. The highest BCUT2D eigenvalue weighted by molar-refractivity contribution is 5.98. The van der Waals surface area contributed by atoms with Gasteiger partial charge in [-0.25, -0.2) is 27.3 Å². The molecule has 3 aliphatic heterocycles. The van der Waals surface area contributed by atoms with Crippen LogP contribution in [-0.4, -0.2) is 101 Å². The summed E-state index contributed by atoms with van der Waals surface area (Å²) in [4.78, 5) is 31.5. The molecule has 2 fully saturated rings. The van der Waals surface area contributed by atoms with E-state index in [9.17, 15) is 18.7 Å². The number of nitrogens with zero attached hydrogens (tertiary/aromatic N) is 6. The van der Waals surface area contributed by atoms with E-state index in [1.807, 2.05) is 0 Å². The Hall–Kier alpha value is -6.31. The number of anilines is 2. The minimum absolute atomic E-state index is 0.0356. The second kappa shape index (κ2) is 17.7. The van der Waals surface area contributed by atoms with E-state index in [0.717, 1.165) is 13.0 Å². The van der Waals surface area contributed by atoms with Gasteiger partial charge >= 0.3 is 24.2 Å². The fourth-order valence-electron chi connectivity index (χ4n) is 9.16. The van der Waals surface area contributed by atoms with E-state index in [-0.39, 0.29) is 36.5 Å². The predicted molar refractivity (Wildman–Crippen MR) is 232 cm³/mol. The van der Waals surface area contributed by atoms with Crippen molar-refractivity contribution in [2.24, 2.45) is 0 Å². The van der Waals surface area contributed by atoms with Gasteiger partial charge in [-0.3, -0.25) is 4.90 Å². The second-order valence-electron chi connectivity index (χ2n) is 17.9. The van der Waals surface area contributed by atoms with E-state index in [1.54, 1.807) is 86.0 Å². The number of piperazine rings is 1. The Balaban J connectivity index is 1.33. The maximum atomic E-state index is 17.7. The number of carbonyl (C=O) groups excluding carboxylic acids is 1. The highest BCUT2D eigenvalue weighted by Crippen LogP contribution is 2.49. The van der Waals surface area contributed by atoms with Gasteiger partial charge in [-0.05, 0) is 94.5 Å².